The normalized spacial score (nSPS) is 10.6. The SMILES string of the molecule is CCNCc1ccc(OCc2cc(C)cc(C)c2)cn1. The fraction of sp³-hybridized carbons (Fsp3) is 0.353. The third-order valence-electron chi connectivity index (χ3n) is 3.04. The number of pyridine rings is 1. The Kier molecular flexibility index (Phi) is 5.13. The molecule has 0 aliphatic heterocycles. The van der Waals surface area contributed by atoms with Gasteiger partial charge >= 0.3 is 0 Å². The van der Waals surface area contributed by atoms with Crippen LogP contribution in [-0.2, 0) is 13.2 Å². The Morgan fingerprint density at radius 3 is 2.45 bits per heavy atom. The summed E-state index contributed by atoms with van der Waals surface area (Å²) in [7, 11) is 0. The zero-order chi connectivity index (χ0) is 14.4. The zero-order valence-electron chi connectivity index (χ0n) is 12.4. The Labute approximate surface area is 121 Å². The van der Waals surface area contributed by atoms with Gasteiger partial charge in [-0.3, -0.25) is 4.98 Å². The summed E-state index contributed by atoms with van der Waals surface area (Å²) in [6.45, 7) is 8.62. The third kappa shape index (κ3) is 4.35. The number of benzene rings is 1. The predicted octanol–water partition coefficient (Wildman–Crippen LogP) is 3.39. The molecule has 0 saturated carbocycles. The first-order chi connectivity index (χ1) is 9.67. The summed E-state index contributed by atoms with van der Waals surface area (Å²) in [5, 5.41) is 3.25. The van der Waals surface area contributed by atoms with E-state index in [0.29, 0.717) is 6.61 Å². The van der Waals surface area contributed by atoms with Crippen LogP contribution in [0.25, 0.3) is 0 Å². The second kappa shape index (κ2) is 7.06. The lowest BCUT2D eigenvalue weighted by molar-refractivity contribution is 0.304. The maximum absolute atomic E-state index is 5.78. The van der Waals surface area contributed by atoms with Crippen molar-refractivity contribution in [2.24, 2.45) is 0 Å². The quantitative estimate of drug-likeness (QED) is 0.873. The molecule has 0 aliphatic rings. The van der Waals surface area contributed by atoms with E-state index in [1.807, 2.05) is 12.1 Å². The minimum atomic E-state index is 0.580. The van der Waals surface area contributed by atoms with Crippen LogP contribution in [-0.4, -0.2) is 11.5 Å². The van der Waals surface area contributed by atoms with Crippen molar-refractivity contribution in [3.05, 3.63) is 58.9 Å². The van der Waals surface area contributed by atoms with Gasteiger partial charge in [0.05, 0.1) is 11.9 Å². The lowest BCUT2D eigenvalue weighted by Crippen LogP contribution is -2.12. The number of hydrogen-bond donors (Lipinski definition) is 1. The van der Waals surface area contributed by atoms with Crippen molar-refractivity contribution >= 4 is 0 Å². The van der Waals surface area contributed by atoms with Gasteiger partial charge in [-0.2, -0.15) is 0 Å². The largest absolute Gasteiger partial charge is 0.487 e. The molecule has 106 valence electrons. The Balaban J connectivity index is 1.93. The second-order valence-electron chi connectivity index (χ2n) is 5.05. The molecule has 3 nitrogen and oxygen atoms in total. The molecule has 20 heavy (non-hydrogen) atoms. The van der Waals surface area contributed by atoms with Gasteiger partial charge in [-0.1, -0.05) is 36.2 Å². The first kappa shape index (κ1) is 14.5. The number of hydrogen-bond acceptors (Lipinski definition) is 3. The van der Waals surface area contributed by atoms with Crippen molar-refractivity contribution in [1.29, 1.82) is 0 Å². The number of aryl methyl sites for hydroxylation is 2. The second-order valence-corrected chi connectivity index (χ2v) is 5.05. The molecule has 1 aromatic heterocycles. The van der Waals surface area contributed by atoms with Gasteiger partial charge in [-0.05, 0) is 38.1 Å². The molecule has 3 heteroatoms. The van der Waals surface area contributed by atoms with Gasteiger partial charge in [0.15, 0.2) is 0 Å². The fourth-order valence-electron chi connectivity index (χ4n) is 2.17. The van der Waals surface area contributed by atoms with Crippen LogP contribution < -0.4 is 10.1 Å². The first-order valence-electron chi connectivity index (χ1n) is 7.03. The van der Waals surface area contributed by atoms with E-state index in [9.17, 15) is 0 Å². The molecule has 0 fully saturated rings. The van der Waals surface area contributed by atoms with E-state index in [1.54, 1.807) is 6.20 Å². The molecular formula is C17H22N2O. The van der Waals surface area contributed by atoms with Crippen molar-refractivity contribution in [1.82, 2.24) is 10.3 Å². The van der Waals surface area contributed by atoms with Gasteiger partial charge < -0.3 is 10.1 Å². The average Bonchev–Trinajstić information content (AvgIpc) is 2.43. The lowest BCUT2D eigenvalue weighted by atomic mass is 10.1. The standard InChI is InChI=1S/C17H22N2O/c1-4-18-10-16-5-6-17(11-19-16)20-12-15-8-13(2)7-14(3)9-15/h5-9,11,18H,4,10,12H2,1-3H3. The van der Waals surface area contributed by atoms with Gasteiger partial charge in [0, 0.05) is 6.54 Å². The smallest absolute Gasteiger partial charge is 0.138 e. The van der Waals surface area contributed by atoms with Crippen molar-refractivity contribution in [3.63, 3.8) is 0 Å². The average molecular weight is 270 g/mol. The van der Waals surface area contributed by atoms with E-state index < -0.39 is 0 Å². The summed E-state index contributed by atoms with van der Waals surface area (Å²) in [6, 6.07) is 10.4. The van der Waals surface area contributed by atoms with Gasteiger partial charge in [0.1, 0.15) is 12.4 Å². The van der Waals surface area contributed by atoms with Crippen LogP contribution in [0.2, 0.25) is 0 Å². The highest BCUT2D eigenvalue weighted by Gasteiger charge is 2.00. The van der Waals surface area contributed by atoms with Gasteiger partial charge in [0.2, 0.25) is 0 Å². The van der Waals surface area contributed by atoms with Crippen molar-refractivity contribution in [2.45, 2.75) is 33.9 Å². The zero-order valence-corrected chi connectivity index (χ0v) is 12.4. The summed E-state index contributed by atoms with van der Waals surface area (Å²) < 4.78 is 5.78. The summed E-state index contributed by atoms with van der Waals surface area (Å²) in [5.41, 5.74) is 4.76. The maximum atomic E-state index is 5.78. The van der Waals surface area contributed by atoms with Crippen LogP contribution in [0, 0.1) is 13.8 Å². The Hall–Kier alpha value is -1.87. The highest BCUT2D eigenvalue weighted by molar-refractivity contribution is 5.29. The summed E-state index contributed by atoms with van der Waals surface area (Å²) >= 11 is 0. The van der Waals surface area contributed by atoms with E-state index >= 15 is 0 Å². The summed E-state index contributed by atoms with van der Waals surface area (Å²) in [4.78, 5) is 4.38. The van der Waals surface area contributed by atoms with Crippen molar-refractivity contribution < 1.29 is 4.74 Å². The van der Waals surface area contributed by atoms with E-state index in [2.05, 4.69) is 49.3 Å². The molecule has 0 atom stereocenters. The predicted molar refractivity (Wildman–Crippen MR) is 81.9 cm³/mol. The van der Waals surface area contributed by atoms with Crippen LogP contribution in [0.3, 0.4) is 0 Å². The van der Waals surface area contributed by atoms with Crippen LogP contribution >= 0.6 is 0 Å². The molecule has 1 N–H and O–H groups in total. The monoisotopic (exact) mass is 270 g/mol. The minimum absolute atomic E-state index is 0.580. The number of ether oxygens (including phenoxy) is 1. The van der Waals surface area contributed by atoms with Crippen LogP contribution in [0.4, 0.5) is 0 Å². The Morgan fingerprint density at radius 2 is 1.85 bits per heavy atom. The summed E-state index contributed by atoms with van der Waals surface area (Å²) in [5.74, 6) is 0.810. The molecule has 2 aromatic rings. The van der Waals surface area contributed by atoms with Crippen LogP contribution in [0.15, 0.2) is 36.5 Å². The number of rotatable bonds is 6. The molecule has 0 saturated heterocycles. The molecular weight excluding hydrogens is 248 g/mol. The molecule has 0 amide bonds. The van der Waals surface area contributed by atoms with Crippen molar-refractivity contribution in [2.75, 3.05) is 6.54 Å². The van der Waals surface area contributed by atoms with Crippen LogP contribution in [0.5, 0.6) is 5.75 Å². The van der Waals surface area contributed by atoms with Gasteiger partial charge in [-0.15, -0.1) is 0 Å². The molecule has 0 unspecified atom stereocenters. The van der Waals surface area contributed by atoms with Gasteiger partial charge in [-0.25, -0.2) is 0 Å². The molecule has 2 rings (SSSR count). The topological polar surface area (TPSA) is 34.1 Å². The minimum Gasteiger partial charge on any atom is -0.487 e. The fourth-order valence-corrected chi connectivity index (χ4v) is 2.17. The Morgan fingerprint density at radius 1 is 1.10 bits per heavy atom. The molecule has 1 aromatic carbocycles. The highest BCUT2D eigenvalue weighted by atomic mass is 16.5. The molecule has 0 spiro atoms. The number of nitrogens with one attached hydrogen (secondary N) is 1. The van der Waals surface area contributed by atoms with E-state index in [0.717, 1.165) is 24.5 Å². The van der Waals surface area contributed by atoms with E-state index in [-0.39, 0.29) is 0 Å². The number of nitrogens with zero attached hydrogens (tertiary/aromatic N) is 1. The molecule has 0 aliphatic carbocycles. The lowest BCUT2D eigenvalue weighted by Gasteiger charge is -2.08. The summed E-state index contributed by atoms with van der Waals surface area (Å²) in [6.07, 6.45) is 1.79. The first-order valence-corrected chi connectivity index (χ1v) is 7.03. The van der Waals surface area contributed by atoms with Gasteiger partial charge in [0.25, 0.3) is 0 Å². The van der Waals surface area contributed by atoms with E-state index in [4.69, 9.17) is 4.74 Å². The molecule has 1 heterocycles. The van der Waals surface area contributed by atoms with E-state index in [1.165, 1.54) is 16.7 Å². The highest BCUT2D eigenvalue weighted by Crippen LogP contribution is 2.14. The molecule has 0 bridgehead atoms. The Bertz CT molecular complexity index is 529. The van der Waals surface area contributed by atoms with Crippen LogP contribution in [0.1, 0.15) is 29.3 Å². The number of aromatic nitrogens is 1. The third-order valence-corrected chi connectivity index (χ3v) is 3.04. The van der Waals surface area contributed by atoms with Crippen molar-refractivity contribution in [3.8, 4) is 5.75 Å². The maximum Gasteiger partial charge on any atom is 0.138 e. The molecule has 0 radical (unpaired) electrons.